The van der Waals surface area contributed by atoms with Crippen LogP contribution in [0.5, 0.6) is 11.5 Å². The highest BCUT2D eigenvalue weighted by molar-refractivity contribution is 7.20. The minimum absolute atomic E-state index is 0.0880. The minimum Gasteiger partial charge on any atom is -0.491 e. The highest BCUT2D eigenvalue weighted by Gasteiger charge is 2.20. The zero-order chi connectivity index (χ0) is 17.1. The fraction of sp³-hybridized carbons (Fsp3) is 0.526. The first-order valence-electron chi connectivity index (χ1n) is 8.56. The van der Waals surface area contributed by atoms with E-state index in [-0.39, 0.29) is 18.2 Å². The third-order valence-corrected chi connectivity index (χ3v) is 5.24. The lowest BCUT2D eigenvalue weighted by atomic mass is 9.98. The van der Waals surface area contributed by atoms with Gasteiger partial charge in [-0.1, -0.05) is 6.42 Å². The highest BCUT2D eigenvalue weighted by atomic mass is 32.1. The lowest BCUT2D eigenvalue weighted by Gasteiger charge is -2.24. The first-order chi connectivity index (χ1) is 11.6. The van der Waals surface area contributed by atoms with Gasteiger partial charge in [0.05, 0.1) is 19.3 Å². The summed E-state index contributed by atoms with van der Waals surface area (Å²) in [5.74, 6) is 1.27. The van der Waals surface area contributed by atoms with E-state index < -0.39 is 0 Å². The Morgan fingerprint density at radius 1 is 1.17 bits per heavy atom. The summed E-state index contributed by atoms with van der Waals surface area (Å²) in [7, 11) is 1.40. The summed E-state index contributed by atoms with van der Waals surface area (Å²) in [6, 6.07) is 5.79. The fourth-order valence-electron chi connectivity index (χ4n) is 3.08. The predicted octanol–water partition coefficient (Wildman–Crippen LogP) is 5.19. The van der Waals surface area contributed by atoms with Crippen LogP contribution in [-0.2, 0) is 4.74 Å². The van der Waals surface area contributed by atoms with Crippen molar-refractivity contribution in [2.45, 2.75) is 58.2 Å². The average molecular weight is 348 g/mol. The van der Waals surface area contributed by atoms with Crippen molar-refractivity contribution in [1.29, 1.82) is 0 Å². The number of carbonyl (C=O) groups excluding carboxylic acids is 1. The van der Waals surface area contributed by atoms with Crippen molar-refractivity contribution in [1.82, 2.24) is 0 Å². The molecule has 1 aromatic heterocycles. The molecular formula is C19H24O4S. The molecule has 130 valence electrons. The molecule has 0 saturated heterocycles. The number of esters is 1. The van der Waals surface area contributed by atoms with Gasteiger partial charge in [-0.3, -0.25) is 0 Å². The van der Waals surface area contributed by atoms with Crippen molar-refractivity contribution >= 4 is 27.4 Å². The Labute approximate surface area is 146 Å². The summed E-state index contributed by atoms with van der Waals surface area (Å²) < 4.78 is 18.0. The topological polar surface area (TPSA) is 44.8 Å². The van der Waals surface area contributed by atoms with E-state index in [4.69, 9.17) is 14.2 Å². The third kappa shape index (κ3) is 3.83. The number of thiophene rings is 1. The van der Waals surface area contributed by atoms with Crippen LogP contribution in [-0.4, -0.2) is 25.3 Å². The van der Waals surface area contributed by atoms with Gasteiger partial charge < -0.3 is 14.2 Å². The maximum atomic E-state index is 11.9. The third-order valence-electron chi connectivity index (χ3n) is 4.18. The summed E-state index contributed by atoms with van der Waals surface area (Å²) >= 11 is 1.41. The van der Waals surface area contributed by atoms with E-state index in [1.165, 1.54) is 37.7 Å². The Morgan fingerprint density at radius 2 is 1.92 bits per heavy atom. The van der Waals surface area contributed by atoms with Gasteiger partial charge in [0.15, 0.2) is 0 Å². The molecule has 1 aliphatic carbocycles. The van der Waals surface area contributed by atoms with E-state index in [1.807, 2.05) is 32.0 Å². The predicted molar refractivity (Wildman–Crippen MR) is 96.4 cm³/mol. The van der Waals surface area contributed by atoms with Gasteiger partial charge in [0, 0.05) is 16.2 Å². The van der Waals surface area contributed by atoms with Gasteiger partial charge in [0.1, 0.15) is 16.4 Å². The van der Waals surface area contributed by atoms with Crippen LogP contribution in [0, 0.1) is 0 Å². The van der Waals surface area contributed by atoms with Gasteiger partial charge in [-0.05, 0) is 51.7 Å². The minimum atomic E-state index is -0.314. The monoisotopic (exact) mass is 348 g/mol. The molecule has 4 nitrogen and oxygen atoms in total. The number of hydrogen-bond acceptors (Lipinski definition) is 5. The smallest absolute Gasteiger partial charge is 0.348 e. The fourth-order valence-corrected chi connectivity index (χ4v) is 4.11. The number of rotatable bonds is 5. The molecule has 0 unspecified atom stereocenters. The zero-order valence-electron chi connectivity index (χ0n) is 14.5. The van der Waals surface area contributed by atoms with Crippen molar-refractivity contribution in [3.05, 3.63) is 23.1 Å². The van der Waals surface area contributed by atoms with E-state index in [9.17, 15) is 4.79 Å². The Hall–Kier alpha value is -1.75. The molecule has 1 fully saturated rings. The molecule has 1 aromatic carbocycles. The summed E-state index contributed by atoms with van der Waals surface area (Å²) in [6.07, 6.45) is 6.23. The van der Waals surface area contributed by atoms with Crippen LogP contribution >= 0.6 is 11.3 Å². The molecule has 0 bridgehead atoms. The largest absolute Gasteiger partial charge is 0.491 e. The van der Waals surface area contributed by atoms with Gasteiger partial charge in [-0.15, -0.1) is 11.3 Å². The van der Waals surface area contributed by atoms with Crippen LogP contribution in [0.3, 0.4) is 0 Å². The van der Waals surface area contributed by atoms with Gasteiger partial charge in [0.25, 0.3) is 0 Å². The van der Waals surface area contributed by atoms with Crippen LogP contribution in [0.1, 0.15) is 55.6 Å². The molecule has 0 radical (unpaired) electrons. The van der Waals surface area contributed by atoms with Crippen LogP contribution in [0.15, 0.2) is 18.2 Å². The van der Waals surface area contributed by atoms with E-state index in [1.54, 1.807) is 0 Å². The summed E-state index contributed by atoms with van der Waals surface area (Å²) in [5, 5.41) is 0.960. The van der Waals surface area contributed by atoms with Gasteiger partial charge in [-0.25, -0.2) is 4.79 Å². The quantitative estimate of drug-likeness (QED) is 0.698. The van der Waals surface area contributed by atoms with Crippen LogP contribution in [0.4, 0.5) is 0 Å². The van der Waals surface area contributed by atoms with Crippen molar-refractivity contribution in [2.24, 2.45) is 0 Å². The lowest BCUT2D eigenvalue weighted by Crippen LogP contribution is -2.19. The molecule has 2 aromatic rings. The Balaban J connectivity index is 1.98. The van der Waals surface area contributed by atoms with Crippen molar-refractivity contribution < 1.29 is 19.0 Å². The average Bonchev–Trinajstić information content (AvgIpc) is 2.99. The number of methoxy groups -OCH3 is 1. The SMILES string of the molecule is COC(=O)c1cc2c(OC3CCCCC3)cc(OC(C)C)cc2s1. The Kier molecular flexibility index (Phi) is 5.29. The number of ether oxygens (including phenoxy) is 3. The molecule has 1 aliphatic rings. The summed E-state index contributed by atoms with van der Waals surface area (Å²) in [4.78, 5) is 12.4. The molecule has 1 heterocycles. The van der Waals surface area contributed by atoms with E-state index >= 15 is 0 Å². The maximum absolute atomic E-state index is 11.9. The standard InChI is InChI=1S/C19H24O4S/c1-12(2)22-14-9-16(23-13-7-5-4-6-8-13)15-11-18(19(20)21-3)24-17(15)10-14/h9-13H,4-8H2,1-3H3. The number of fused-ring (bicyclic) bond motifs is 1. The molecule has 0 amide bonds. The van der Waals surface area contributed by atoms with E-state index in [0.29, 0.717) is 4.88 Å². The Bertz CT molecular complexity index is 713. The molecule has 0 spiro atoms. The first kappa shape index (κ1) is 17.1. The number of benzene rings is 1. The molecule has 0 N–H and O–H groups in total. The van der Waals surface area contributed by atoms with Crippen LogP contribution in [0.25, 0.3) is 10.1 Å². The number of carbonyl (C=O) groups is 1. The van der Waals surface area contributed by atoms with Crippen LogP contribution < -0.4 is 9.47 Å². The molecule has 3 rings (SSSR count). The molecule has 5 heteroatoms. The molecular weight excluding hydrogens is 324 g/mol. The maximum Gasteiger partial charge on any atom is 0.348 e. The molecule has 0 aliphatic heterocycles. The van der Waals surface area contributed by atoms with Gasteiger partial charge >= 0.3 is 5.97 Å². The zero-order valence-corrected chi connectivity index (χ0v) is 15.3. The van der Waals surface area contributed by atoms with Crippen LogP contribution in [0.2, 0.25) is 0 Å². The molecule has 1 saturated carbocycles. The first-order valence-corrected chi connectivity index (χ1v) is 9.37. The Morgan fingerprint density at radius 3 is 2.58 bits per heavy atom. The lowest BCUT2D eigenvalue weighted by molar-refractivity contribution is 0.0606. The highest BCUT2D eigenvalue weighted by Crippen LogP contribution is 2.39. The van der Waals surface area contributed by atoms with Crippen molar-refractivity contribution in [3.63, 3.8) is 0 Å². The van der Waals surface area contributed by atoms with Crippen molar-refractivity contribution in [3.8, 4) is 11.5 Å². The molecule has 24 heavy (non-hydrogen) atoms. The molecule has 0 atom stereocenters. The second-order valence-corrected chi connectivity index (χ2v) is 7.56. The summed E-state index contributed by atoms with van der Waals surface area (Å²) in [5.41, 5.74) is 0. The van der Waals surface area contributed by atoms with E-state index in [0.717, 1.165) is 34.4 Å². The van der Waals surface area contributed by atoms with Crippen molar-refractivity contribution in [2.75, 3.05) is 7.11 Å². The van der Waals surface area contributed by atoms with E-state index in [2.05, 4.69) is 0 Å². The normalized spacial score (nSPS) is 15.7. The van der Waals surface area contributed by atoms with Gasteiger partial charge in [-0.2, -0.15) is 0 Å². The second kappa shape index (κ2) is 7.43. The summed E-state index contributed by atoms with van der Waals surface area (Å²) in [6.45, 7) is 4.00. The number of hydrogen-bond donors (Lipinski definition) is 0. The second-order valence-electron chi connectivity index (χ2n) is 6.48. The van der Waals surface area contributed by atoms with Gasteiger partial charge in [0.2, 0.25) is 0 Å².